The largest absolute Gasteiger partial charge is 0.315 e. The molecule has 1 amide bonds. The molecule has 6 heteroatoms. The van der Waals surface area contributed by atoms with Crippen molar-refractivity contribution in [2.24, 2.45) is 0 Å². The number of rotatable bonds is 3. The number of carbonyl (C=O) groups excluding carboxylic acids is 1. The van der Waals surface area contributed by atoms with Gasteiger partial charge in [-0.1, -0.05) is 0 Å². The highest BCUT2D eigenvalue weighted by Crippen LogP contribution is 2.16. The van der Waals surface area contributed by atoms with Gasteiger partial charge in [0.15, 0.2) is 0 Å². The molecule has 1 unspecified atom stereocenters. The van der Waals surface area contributed by atoms with Gasteiger partial charge in [0.1, 0.15) is 5.82 Å². The van der Waals surface area contributed by atoms with E-state index in [2.05, 4.69) is 5.32 Å². The summed E-state index contributed by atoms with van der Waals surface area (Å²) in [6.45, 7) is 0.961. The summed E-state index contributed by atoms with van der Waals surface area (Å²) in [6.07, 6.45) is 0.487. The van der Waals surface area contributed by atoms with Crippen LogP contribution in [0.25, 0.3) is 0 Å². The fourth-order valence-electron chi connectivity index (χ4n) is 1.91. The molecule has 1 aromatic carbocycles. The topological polar surface area (TPSA) is 32.3 Å². The lowest BCUT2D eigenvalue weighted by atomic mass is 10.2. The molecular formula is C13H18ClFN2OS. The summed E-state index contributed by atoms with van der Waals surface area (Å²) < 4.78 is 12.8. The Labute approximate surface area is 123 Å². The third kappa shape index (κ3) is 4.67. The van der Waals surface area contributed by atoms with Crippen LogP contribution in [0.2, 0.25) is 0 Å². The van der Waals surface area contributed by atoms with Crippen molar-refractivity contribution in [3.63, 3.8) is 0 Å². The second-order valence-corrected chi connectivity index (χ2v) is 5.51. The minimum atomic E-state index is -0.287. The van der Waals surface area contributed by atoms with Gasteiger partial charge in [-0.2, -0.15) is 11.8 Å². The Morgan fingerprint density at radius 2 is 2.16 bits per heavy atom. The molecule has 19 heavy (non-hydrogen) atoms. The van der Waals surface area contributed by atoms with E-state index in [9.17, 15) is 9.18 Å². The van der Waals surface area contributed by atoms with Crippen LogP contribution < -0.4 is 10.2 Å². The Kier molecular flexibility index (Phi) is 6.62. The average molecular weight is 305 g/mol. The molecule has 1 heterocycles. The molecule has 0 radical (unpaired) electrons. The van der Waals surface area contributed by atoms with Crippen molar-refractivity contribution in [2.75, 3.05) is 30.0 Å². The van der Waals surface area contributed by atoms with Crippen LogP contribution in [0.15, 0.2) is 24.3 Å². The number of thioether (sulfide) groups is 1. The number of halogens is 2. The second kappa shape index (κ2) is 7.72. The van der Waals surface area contributed by atoms with E-state index in [1.807, 2.05) is 11.8 Å². The Morgan fingerprint density at radius 1 is 1.47 bits per heavy atom. The van der Waals surface area contributed by atoms with Crippen LogP contribution >= 0.6 is 24.2 Å². The highest BCUT2D eigenvalue weighted by Gasteiger charge is 2.19. The van der Waals surface area contributed by atoms with E-state index in [1.165, 1.54) is 12.1 Å². The minimum Gasteiger partial charge on any atom is -0.315 e. The van der Waals surface area contributed by atoms with E-state index in [1.54, 1.807) is 24.1 Å². The Bertz CT molecular complexity index is 410. The molecule has 2 rings (SSSR count). The Morgan fingerprint density at radius 3 is 2.74 bits per heavy atom. The number of hydrogen-bond acceptors (Lipinski definition) is 3. The lowest BCUT2D eigenvalue weighted by Gasteiger charge is -2.25. The highest BCUT2D eigenvalue weighted by molar-refractivity contribution is 7.99. The number of nitrogens with one attached hydrogen (secondary N) is 1. The van der Waals surface area contributed by atoms with Crippen LogP contribution in [0.3, 0.4) is 0 Å². The molecule has 0 bridgehead atoms. The molecule has 1 saturated heterocycles. The van der Waals surface area contributed by atoms with Gasteiger partial charge < -0.3 is 10.2 Å². The van der Waals surface area contributed by atoms with Crippen LogP contribution in [0.4, 0.5) is 10.1 Å². The molecule has 0 aliphatic carbocycles. The monoisotopic (exact) mass is 304 g/mol. The quantitative estimate of drug-likeness (QED) is 0.930. The number of anilines is 1. The molecule has 3 nitrogen and oxygen atoms in total. The van der Waals surface area contributed by atoms with Gasteiger partial charge in [0, 0.05) is 43.2 Å². The van der Waals surface area contributed by atoms with Gasteiger partial charge in [0.2, 0.25) is 5.91 Å². The molecule has 1 aromatic rings. The molecule has 1 aliphatic heterocycles. The van der Waals surface area contributed by atoms with Gasteiger partial charge in [0.05, 0.1) is 0 Å². The first-order valence-corrected chi connectivity index (χ1v) is 7.15. The molecule has 0 aromatic heterocycles. The maximum absolute atomic E-state index is 12.8. The zero-order valence-corrected chi connectivity index (χ0v) is 12.4. The smallest absolute Gasteiger partial charge is 0.228 e. The number of amides is 1. The number of carbonyl (C=O) groups is 1. The van der Waals surface area contributed by atoms with Crippen molar-refractivity contribution in [2.45, 2.75) is 12.5 Å². The van der Waals surface area contributed by atoms with Crippen LogP contribution in [-0.4, -0.2) is 37.0 Å². The summed E-state index contributed by atoms with van der Waals surface area (Å²) in [5.74, 6) is 1.85. The lowest BCUT2D eigenvalue weighted by Crippen LogP contribution is -2.41. The lowest BCUT2D eigenvalue weighted by molar-refractivity contribution is -0.118. The molecule has 0 spiro atoms. The second-order valence-electron chi connectivity index (χ2n) is 4.36. The van der Waals surface area contributed by atoms with Crippen LogP contribution in [0.1, 0.15) is 6.42 Å². The van der Waals surface area contributed by atoms with Crippen molar-refractivity contribution >= 4 is 35.8 Å². The normalized spacial score (nSPS) is 18.5. The molecule has 106 valence electrons. The van der Waals surface area contributed by atoms with Crippen molar-refractivity contribution < 1.29 is 9.18 Å². The summed E-state index contributed by atoms with van der Waals surface area (Å²) in [6, 6.07) is 6.23. The van der Waals surface area contributed by atoms with E-state index in [-0.39, 0.29) is 30.2 Å². The first kappa shape index (κ1) is 16.3. The van der Waals surface area contributed by atoms with Crippen molar-refractivity contribution in [3.05, 3.63) is 30.1 Å². The summed E-state index contributed by atoms with van der Waals surface area (Å²) in [5.41, 5.74) is 0.727. The molecule has 0 saturated carbocycles. The Balaban J connectivity index is 0.00000180. The van der Waals surface area contributed by atoms with Gasteiger partial charge in [-0.3, -0.25) is 4.79 Å². The van der Waals surface area contributed by atoms with Crippen molar-refractivity contribution in [3.8, 4) is 0 Å². The number of hydrogen-bond donors (Lipinski definition) is 1. The predicted octanol–water partition coefficient (Wildman–Crippen LogP) is 2.31. The van der Waals surface area contributed by atoms with E-state index in [4.69, 9.17) is 0 Å². The van der Waals surface area contributed by atoms with Gasteiger partial charge >= 0.3 is 0 Å². The SMILES string of the molecule is CN(C(=O)CC1CSCCN1)c1ccc(F)cc1.Cl. The number of benzene rings is 1. The first-order chi connectivity index (χ1) is 8.66. The standard InChI is InChI=1S/C13H17FN2OS.ClH/c1-16(12-4-2-10(14)3-5-12)13(17)8-11-9-18-7-6-15-11;/h2-5,11,15H,6-9H2,1H3;1H. The third-order valence-electron chi connectivity index (χ3n) is 3.01. The molecule has 1 fully saturated rings. The zero-order valence-electron chi connectivity index (χ0n) is 10.8. The molecule has 1 aliphatic rings. The maximum Gasteiger partial charge on any atom is 0.228 e. The van der Waals surface area contributed by atoms with E-state index in [0.717, 1.165) is 23.7 Å². The fourth-order valence-corrected chi connectivity index (χ4v) is 2.86. The fraction of sp³-hybridized carbons (Fsp3) is 0.462. The third-order valence-corrected chi connectivity index (χ3v) is 4.14. The molecular weight excluding hydrogens is 287 g/mol. The molecule has 1 N–H and O–H groups in total. The van der Waals surface area contributed by atoms with E-state index >= 15 is 0 Å². The summed E-state index contributed by atoms with van der Waals surface area (Å²) in [7, 11) is 1.73. The van der Waals surface area contributed by atoms with E-state index < -0.39 is 0 Å². The van der Waals surface area contributed by atoms with Gasteiger partial charge in [-0.15, -0.1) is 12.4 Å². The van der Waals surface area contributed by atoms with Crippen molar-refractivity contribution in [1.82, 2.24) is 5.32 Å². The minimum absolute atomic E-state index is 0. The van der Waals surface area contributed by atoms with Gasteiger partial charge in [-0.05, 0) is 24.3 Å². The highest BCUT2D eigenvalue weighted by atomic mass is 35.5. The zero-order chi connectivity index (χ0) is 13.0. The summed E-state index contributed by atoms with van der Waals surface area (Å²) in [4.78, 5) is 13.7. The number of nitrogens with zero attached hydrogens (tertiary/aromatic N) is 1. The summed E-state index contributed by atoms with van der Waals surface area (Å²) in [5, 5.41) is 3.34. The summed E-state index contributed by atoms with van der Waals surface area (Å²) >= 11 is 1.87. The predicted molar refractivity (Wildman–Crippen MR) is 80.8 cm³/mol. The van der Waals surface area contributed by atoms with E-state index in [0.29, 0.717) is 6.42 Å². The van der Waals surface area contributed by atoms with Crippen LogP contribution in [0.5, 0.6) is 0 Å². The van der Waals surface area contributed by atoms with Crippen molar-refractivity contribution in [1.29, 1.82) is 0 Å². The average Bonchev–Trinajstić information content (AvgIpc) is 2.40. The van der Waals surface area contributed by atoms with Crippen LogP contribution in [-0.2, 0) is 4.79 Å². The Hall–Kier alpha value is -0.780. The van der Waals surface area contributed by atoms with Gasteiger partial charge in [-0.25, -0.2) is 4.39 Å². The van der Waals surface area contributed by atoms with Crippen LogP contribution in [0, 0.1) is 5.82 Å². The van der Waals surface area contributed by atoms with Gasteiger partial charge in [0.25, 0.3) is 0 Å². The molecule has 1 atom stereocenters. The maximum atomic E-state index is 12.8. The first-order valence-electron chi connectivity index (χ1n) is 6.00.